The molecule has 0 aromatic heterocycles. The van der Waals surface area contributed by atoms with Crippen LogP contribution in [-0.4, -0.2) is 51.0 Å². The highest BCUT2D eigenvalue weighted by Gasteiger charge is 2.29. The molecule has 2 fully saturated rings. The average molecular weight is 305 g/mol. The second kappa shape index (κ2) is 6.84. The molecule has 7 nitrogen and oxygen atoms in total. The van der Waals surface area contributed by atoms with Crippen molar-refractivity contribution in [3.8, 4) is 0 Å². The molecular formula is C12H23N3O4S. The van der Waals surface area contributed by atoms with Crippen molar-refractivity contribution in [2.24, 2.45) is 11.1 Å². The van der Waals surface area contributed by atoms with Crippen molar-refractivity contribution < 1.29 is 17.9 Å². The molecule has 116 valence electrons. The number of hydrogen-bond acceptors (Lipinski definition) is 4. The van der Waals surface area contributed by atoms with Crippen molar-refractivity contribution in [3.63, 3.8) is 0 Å². The highest BCUT2D eigenvalue weighted by molar-refractivity contribution is 7.86. The molecule has 0 radical (unpaired) electrons. The SMILES string of the molecule is NS(=O)(=O)N1CCC(C(=O)NCC2CCCCO2)CC1. The Balaban J connectivity index is 1.71. The van der Waals surface area contributed by atoms with Crippen LogP contribution in [0, 0.1) is 5.92 Å². The summed E-state index contributed by atoms with van der Waals surface area (Å²) in [7, 11) is -3.62. The van der Waals surface area contributed by atoms with E-state index in [0.717, 1.165) is 25.9 Å². The van der Waals surface area contributed by atoms with Gasteiger partial charge in [-0.15, -0.1) is 0 Å². The summed E-state index contributed by atoms with van der Waals surface area (Å²) in [5.74, 6) is -0.134. The summed E-state index contributed by atoms with van der Waals surface area (Å²) >= 11 is 0. The molecule has 8 heteroatoms. The Labute approximate surface area is 120 Å². The largest absolute Gasteiger partial charge is 0.376 e. The predicted octanol–water partition coefficient (Wildman–Crippen LogP) is -0.413. The molecule has 2 saturated heterocycles. The Morgan fingerprint density at radius 1 is 1.25 bits per heavy atom. The molecule has 1 amide bonds. The van der Waals surface area contributed by atoms with Crippen LogP contribution in [0.2, 0.25) is 0 Å². The lowest BCUT2D eigenvalue weighted by atomic mass is 9.97. The minimum atomic E-state index is -3.62. The third-order valence-electron chi connectivity index (χ3n) is 3.96. The molecule has 2 heterocycles. The van der Waals surface area contributed by atoms with Gasteiger partial charge in [-0.25, -0.2) is 5.14 Å². The molecule has 1 unspecified atom stereocenters. The number of nitrogens with one attached hydrogen (secondary N) is 1. The molecule has 0 aromatic carbocycles. The van der Waals surface area contributed by atoms with E-state index in [1.165, 1.54) is 4.31 Å². The maximum Gasteiger partial charge on any atom is 0.276 e. The topological polar surface area (TPSA) is 102 Å². The zero-order chi connectivity index (χ0) is 14.6. The van der Waals surface area contributed by atoms with E-state index in [2.05, 4.69) is 5.32 Å². The van der Waals surface area contributed by atoms with Crippen LogP contribution in [0.3, 0.4) is 0 Å². The van der Waals surface area contributed by atoms with Crippen molar-refractivity contribution >= 4 is 16.1 Å². The molecule has 1 atom stereocenters. The predicted molar refractivity (Wildman–Crippen MR) is 74.0 cm³/mol. The summed E-state index contributed by atoms with van der Waals surface area (Å²) < 4.78 is 29.1. The van der Waals surface area contributed by atoms with E-state index in [-0.39, 0.29) is 17.9 Å². The molecular weight excluding hydrogens is 282 g/mol. The van der Waals surface area contributed by atoms with Gasteiger partial charge in [0.1, 0.15) is 0 Å². The summed E-state index contributed by atoms with van der Waals surface area (Å²) in [6.07, 6.45) is 4.40. The summed E-state index contributed by atoms with van der Waals surface area (Å²) in [6, 6.07) is 0. The van der Waals surface area contributed by atoms with Crippen LogP contribution in [0.1, 0.15) is 32.1 Å². The van der Waals surface area contributed by atoms with Crippen molar-refractivity contribution in [3.05, 3.63) is 0 Å². The maximum atomic E-state index is 12.0. The van der Waals surface area contributed by atoms with Gasteiger partial charge in [0.25, 0.3) is 10.2 Å². The fourth-order valence-electron chi connectivity index (χ4n) is 2.70. The molecule has 0 spiro atoms. The van der Waals surface area contributed by atoms with Crippen LogP contribution in [0.15, 0.2) is 0 Å². The number of carbonyl (C=O) groups is 1. The van der Waals surface area contributed by atoms with E-state index < -0.39 is 10.2 Å². The summed E-state index contributed by atoms with van der Waals surface area (Å²) in [6.45, 7) is 1.95. The zero-order valence-corrected chi connectivity index (χ0v) is 12.4. The van der Waals surface area contributed by atoms with Gasteiger partial charge in [-0.05, 0) is 32.1 Å². The van der Waals surface area contributed by atoms with Gasteiger partial charge in [-0.3, -0.25) is 4.79 Å². The lowest BCUT2D eigenvalue weighted by Gasteiger charge is -2.29. The smallest absolute Gasteiger partial charge is 0.276 e. The maximum absolute atomic E-state index is 12.0. The molecule has 3 N–H and O–H groups in total. The van der Waals surface area contributed by atoms with Crippen molar-refractivity contribution in [2.45, 2.75) is 38.2 Å². The summed E-state index contributed by atoms with van der Waals surface area (Å²) in [5, 5.41) is 7.98. The number of piperidine rings is 1. The second-order valence-electron chi connectivity index (χ2n) is 5.45. The highest BCUT2D eigenvalue weighted by atomic mass is 32.2. The van der Waals surface area contributed by atoms with Gasteiger partial charge in [0.05, 0.1) is 6.10 Å². The Morgan fingerprint density at radius 3 is 2.50 bits per heavy atom. The number of rotatable bonds is 4. The Kier molecular flexibility index (Phi) is 5.36. The van der Waals surface area contributed by atoms with E-state index >= 15 is 0 Å². The number of amides is 1. The van der Waals surface area contributed by atoms with E-state index in [1.807, 2.05) is 0 Å². The molecule has 2 aliphatic rings. The minimum absolute atomic E-state index is 0.00626. The third-order valence-corrected chi connectivity index (χ3v) is 5.05. The fraction of sp³-hybridized carbons (Fsp3) is 0.917. The van der Waals surface area contributed by atoms with Gasteiger partial charge < -0.3 is 10.1 Å². The monoisotopic (exact) mass is 305 g/mol. The Bertz CT molecular complexity index is 426. The Hall–Kier alpha value is -0.700. The van der Waals surface area contributed by atoms with Crippen molar-refractivity contribution in [1.82, 2.24) is 9.62 Å². The standard InChI is InChI=1S/C12H23N3O4S/c13-20(17,18)15-6-4-10(5-7-15)12(16)14-9-11-3-1-2-8-19-11/h10-11H,1-9H2,(H,14,16)(H2,13,17,18). The fourth-order valence-corrected chi connectivity index (χ4v) is 3.42. The van der Waals surface area contributed by atoms with Gasteiger partial charge >= 0.3 is 0 Å². The zero-order valence-electron chi connectivity index (χ0n) is 11.6. The quantitative estimate of drug-likeness (QED) is 0.737. The van der Waals surface area contributed by atoms with Crippen LogP contribution in [0.25, 0.3) is 0 Å². The molecule has 2 aliphatic heterocycles. The second-order valence-corrected chi connectivity index (χ2v) is 7.00. The Morgan fingerprint density at radius 2 is 1.95 bits per heavy atom. The van der Waals surface area contributed by atoms with Crippen LogP contribution in [-0.2, 0) is 19.7 Å². The first kappa shape index (κ1) is 15.7. The van der Waals surface area contributed by atoms with E-state index in [9.17, 15) is 13.2 Å². The van der Waals surface area contributed by atoms with Crippen molar-refractivity contribution in [2.75, 3.05) is 26.2 Å². The van der Waals surface area contributed by atoms with Crippen LogP contribution < -0.4 is 10.5 Å². The molecule has 0 bridgehead atoms. The summed E-state index contributed by atoms with van der Waals surface area (Å²) in [5.41, 5.74) is 0. The highest BCUT2D eigenvalue weighted by Crippen LogP contribution is 2.19. The van der Waals surface area contributed by atoms with E-state index in [0.29, 0.717) is 32.5 Å². The van der Waals surface area contributed by atoms with Crippen LogP contribution in [0.4, 0.5) is 0 Å². The average Bonchev–Trinajstić information content (AvgIpc) is 2.45. The normalized spacial score (nSPS) is 26.4. The molecule has 0 aliphatic carbocycles. The first-order chi connectivity index (χ1) is 9.47. The van der Waals surface area contributed by atoms with E-state index in [1.54, 1.807) is 0 Å². The van der Waals surface area contributed by atoms with Crippen LogP contribution >= 0.6 is 0 Å². The molecule has 20 heavy (non-hydrogen) atoms. The first-order valence-electron chi connectivity index (χ1n) is 7.14. The lowest BCUT2D eigenvalue weighted by Crippen LogP contribution is -2.46. The number of hydrogen-bond donors (Lipinski definition) is 2. The number of ether oxygens (including phenoxy) is 1. The molecule has 0 aromatic rings. The van der Waals surface area contributed by atoms with Gasteiger partial charge in [0, 0.05) is 32.2 Å². The van der Waals surface area contributed by atoms with E-state index in [4.69, 9.17) is 9.88 Å². The first-order valence-corrected chi connectivity index (χ1v) is 8.64. The number of nitrogens with zero attached hydrogens (tertiary/aromatic N) is 1. The van der Waals surface area contributed by atoms with Gasteiger partial charge in [-0.1, -0.05) is 0 Å². The lowest BCUT2D eigenvalue weighted by molar-refractivity contribution is -0.127. The summed E-state index contributed by atoms with van der Waals surface area (Å²) in [4.78, 5) is 12.0. The number of nitrogens with two attached hydrogens (primary N) is 1. The minimum Gasteiger partial charge on any atom is -0.376 e. The van der Waals surface area contributed by atoms with Crippen LogP contribution in [0.5, 0.6) is 0 Å². The number of carbonyl (C=O) groups excluding carboxylic acids is 1. The van der Waals surface area contributed by atoms with Crippen molar-refractivity contribution in [1.29, 1.82) is 0 Å². The van der Waals surface area contributed by atoms with Gasteiger partial charge in [0.2, 0.25) is 5.91 Å². The van der Waals surface area contributed by atoms with Gasteiger partial charge in [0.15, 0.2) is 0 Å². The molecule has 2 rings (SSSR count). The molecule has 0 saturated carbocycles. The van der Waals surface area contributed by atoms with Gasteiger partial charge in [-0.2, -0.15) is 12.7 Å². The third kappa shape index (κ3) is 4.41.